The Morgan fingerprint density at radius 1 is 1.59 bits per heavy atom. The Hall–Kier alpha value is -0.940. The van der Waals surface area contributed by atoms with E-state index in [0.717, 1.165) is 11.4 Å². The first kappa shape index (κ1) is 14.1. The highest BCUT2D eigenvalue weighted by atomic mass is 32.1. The molecule has 1 N–H and O–H groups in total. The van der Waals surface area contributed by atoms with Gasteiger partial charge in [0, 0.05) is 12.0 Å². The average molecular weight is 257 g/mol. The number of aromatic nitrogens is 1. The number of aliphatic carboxylic acids is 1. The Morgan fingerprint density at radius 3 is 2.71 bits per heavy atom. The number of carboxylic acid groups (broad SMARTS) is 1. The minimum atomic E-state index is -0.945. The second-order valence-electron chi connectivity index (χ2n) is 4.35. The Morgan fingerprint density at radius 2 is 2.24 bits per heavy atom. The molecule has 96 valence electrons. The summed E-state index contributed by atoms with van der Waals surface area (Å²) in [7, 11) is 0. The van der Waals surface area contributed by atoms with Crippen molar-refractivity contribution in [2.45, 2.75) is 45.6 Å². The maximum atomic E-state index is 11.1. The Balaban J connectivity index is 2.94. The van der Waals surface area contributed by atoms with E-state index in [1.54, 1.807) is 13.8 Å². The number of hydrogen-bond donors (Lipinski definition) is 1. The van der Waals surface area contributed by atoms with Crippen molar-refractivity contribution in [3.8, 4) is 0 Å². The van der Waals surface area contributed by atoms with Gasteiger partial charge in [-0.3, -0.25) is 4.79 Å². The molecule has 4 nitrogen and oxygen atoms in total. The molecule has 0 amide bonds. The van der Waals surface area contributed by atoms with E-state index in [4.69, 9.17) is 9.84 Å². The van der Waals surface area contributed by atoms with Crippen LogP contribution in [0.1, 0.15) is 50.9 Å². The van der Waals surface area contributed by atoms with Crippen molar-refractivity contribution in [1.29, 1.82) is 0 Å². The molecule has 0 spiro atoms. The minimum absolute atomic E-state index is 0.0247. The number of hydrogen-bond acceptors (Lipinski definition) is 4. The smallest absolute Gasteiger partial charge is 0.315 e. The number of thiazole rings is 1. The van der Waals surface area contributed by atoms with Crippen LogP contribution in [0.15, 0.2) is 5.38 Å². The summed E-state index contributed by atoms with van der Waals surface area (Å²) in [5.41, 5.74) is -0.345. The van der Waals surface area contributed by atoms with E-state index < -0.39 is 11.4 Å². The fourth-order valence-electron chi connectivity index (χ4n) is 1.40. The second kappa shape index (κ2) is 5.60. The largest absolute Gasteiger partial charge is 0.481 e. The van der Waals surface area contributed by atoms with Gasteiger partial charge in [-0.25, -0.2) is 4.98 Å². The standard InChI is InChI=1S/C12H19NO3S/c1-5-8(16-6-2)10-13-9(7-17-10)12(3,4)11(14)15/h7-8H,5-6H2,1-4H3,(H,14,15). The van der Waals surface area contributed by atoms with Crippen molar-refractivity contribution in [2.75, 3.05) is 6.61 Å². The fraction of sp³-hybridized carbons (Fsp3) is 0.667. The van der Waals surface area contributed by atoms with Gasteiger partial charge in [0.25, 0.3) is 0 Å². The van der Waals surface area contributed by atoms with Crippen molar-refractivity contribution < 1.29 is 14.6 Å². The van der Waals surface area contributed by atoms with Crippen LogP contribution in [0, 0.1) is 0 Å². The van der Waals surface area contributed by atoms with E-state index in [0.29, 0.717) is 12.3 Å². The maximum absolute atomic E-state index is 11.1. The third kappa shape index (κ3) is 3.04. The number of rotatable bonds is 6. The molecule has 0 aliphatic carbocycles. The van der Waals surface area contributed by atoms with Gasteiger partial charge in [0.1, 0.15) is 16.5 Å². The van der Waals surface area contributed by atoms with Crippen LogP contribution in [0.3, 0.4) is 0 Å². The van der Waals surface area contributed by atoms with Crippen LogP contribution in [-0.4, -0.2) is 22.7 Å². The first-order valence-electron chi connectivity index (χ1n) is 5.74. The number of carbonyl (C=O) groups is 1. The van der Waals surface area contributed by atoms with E-state index in [2.05, 4.69) is 4.98 Å². The monoisotopic (exact) mass is 257 g/mol. The lowest BCUT2D eigenvalue weighted by Crippen LogP contribution is -2.29. The van der Waals surface area contributed by atoms with Crippen molar-refractivity contribution in [2.24, 2.45) is 0 Å². The molecule has 5 heteroatoms. The van der Waals surface area contributed by atoms with Crippen molar-refractivity contribution in [3.63, 3.8) is 0 Å². The number of ether oxygens (including phenoxy) is 1. The molecule has 0 aromatic carbocycles. The molecule has 1 atom stereocenters. The van der Waals surface area contributed by atoms with Gasteiger partial charge < -0.3 is 9.84 Å². The number of carboxylic acids is 1. The minimum Gasteiger partial charge on any atom is -0.481 e. The quantitative estimate of drug-likeness (QED) is 0.851. The molecular weight excluding hydrogens is 238 g/mol. The molecule has 1 rings (SSSR count). The zero-order chi connectivity index (χ0) is 13.1. The van der Waals surface area contributed by atoms with Gasteiger partial charge in [0.2, 0.25) is 0 Å². The van der Waals surface area contributed by atoms with E-state index in [9.17, 15) is 4.79 Å². The Kier molecular flexibility index (Phi) is 4.65. The summed E-state index contributed by atoms with van der Waals surface area (Å²) in [6.45, 7) is 7.93. The van der Waals surface area contributed by atoms with Crippen LogP contribution in [0.25, 0.3) is 0 Å². The van der Waals surface area contributed by atoms with Gasteiger partial charge in [-0.2, -0.15) is 0 Å². The average Bonchev–Trinajstić information content (AvgIpc) is 2.75. The van der Waals surface area contributed by atoms with Gasteiger partial charge in [-0.1, -0.05) is 6.92 Å². The van der Waals surface area contributed by atoms with E-state index in [1.807, 2.05) is 19.2 Å². The summed E-state index contributed by atoms with van der Waals surface area (Å²) < 4.78 is 5.56. The highest BCUT2D eigenvalue weighted by Gasteiger charge is 2.32. The molecule has 17 heavy (non-hydrogen) atoms. The fourth-order valence-corrected chi connectivity index (χ4v) is 2.51. The van der Waals surface area contributed by atoms with Crippen LogP contribution in [-0.2, 0) is 14.9 Å². The maximum Gasteiger partial charge on any atom is 0.315 e. The van der Waals surface area contributed by atoms with Gasteiger partial charge in [0.15, 0.2) is 0 Å². The molecule has 1 aromatic heterocycles. The van der Waals surface area contributed by atoms with Crippen molar-refractivity contribution in [1.82, 2.24) is 4.98 Å². The molecule has 0 bridgehead atoms. The van der Waals surface area contributed by atoms with Crippen LogP contribution in [0.5, 0.6) is 0 Å². The van der Waals surface area contributed by atoms with Crippen LogP contribution >= 0.6 is 11.3 Å². The highest BCUT2D eigenvalue weighted by molar-refractivity contribution is 7.09. The lowest BCUT2D eigenvalue weighted by molar-refractivity contribution is -0.142. The second-order valence-corrected chi connectivity index (χ2v) is 5.24. The third-order valence-corrected chi connectivity index (χ3v) is 3.65. The zero-order valence-corrected chi connectivity index (χ0v) is 11.5. The van der Waals surface area contributed by atoms with Gasteiger partial charge >= 0.3 is 5.97 Å². The molecule has 0 fully saturated rings. The summed E-state index contributed by atoms with van der Waals surface area (Å²) in [5.74, 6) is -0.862. The third-order valence-electron chi connectivity index (χ3n) is 2.71. The summed E-state index contributed by atoms with van der Waals surface area (Å²) in [6, 6.07) is 0. The van der Waals surface area contributed by atoms with E-state index in [-0.39, 0.29) is 6.10 Å². The van der Waals surface area contributed by atoms with Gasteiger partial charge in [0.05, 0.1) is 5.69 Å². The first-order valence-corrected chi connectivity index (χ1v) is 6.62. The molecule has 1 heterocycles. The first-order chi connectivity index (χ1) is 7.93. The molecule has 1 aromatic rings. The highest BCUT2D eigenvalue weighted by Crippen LogP contribution is 2.30. The molecule has 1 unspecified atom stereocenters. The summed E-state index contributed by atoms with van der Waals surface area (Å²) in [4.78, 5) is 15.5. The van der Waals surface area contributed by atoms with Crippen molar-refractivity contribution in [3.05, 3.63) is 16.1 Å². The molecular formula is C12H19NO3S. The topological polar surface area (TPSA) is 59.4 Å². The van der Waals surface area contributed by atoms with Gasteiger partial charge in [-0.15, -0.1) is 11.3 Å². The van der Waals surface area contributed by atoms with Crippen molar-refractivity contribution >= 4 is 17.3 Å². The molecule has 0 aliphatic heterocycles. The van der Waals surface area contributed by atoms with Gasteiger partial charge in [-0.05, 0) is 27.2 Å². The normalized spacial score (nSPS) is 13.6. The summed E-state index contributed by atoms with van der Waals surface area (Å²) >= 11 is 1.47. The number of nitrogens with zero attached hydrogens (tertiary/aromatic N) is 1. The zero-order valence-electron chi connectivity index (χ0n) is 10.7. The lowest BCUT2D eigenvalue weighted by Gasteiger charge is -2.16. The molecule has 0 aliphatic rings. The SMILES string of the molecule is CCOC(CC)c1nc(C(C)(C)C(=O)O)cs1. The van der Waals surface area contributed by atoms with Crippen LogP contribution in [0.4, 0.5) is 0 Å². The van der Waals surface area contributed by atoms with E-state index in [1.165, 1.54) is 11.3 Å². The Labute approximate surface area is 106 Å². The summed E-state index contributed by atoms with van der Waals surface area (Å²) in [5, 5.41) is 11.8. The van der Waals surface area contributed by atoms with Crippen LogP contribution < -0.4 is 0 Å². The van der Waals surface area contributed by atoms with Crippen LogP contribution in [0.2, 0.25) is 0 Å². The Bertz CT molecular complexity index is 387. The molecule has 0 saturated heterocycles. The predicted molar refractivity (Wildman–Crippen MR) is 67.4 cm³/mol. The van der Waals surface area contributed by atoms with E-state index >= 15 is 0 Å². The summed E-state index contributed by atoms with van der Waals surface area (Å²) in [6.07, 6.45) is 0.817. The predicted octanol–water partition coefficient (Wildman–Crippen LogP) is 2.99. The molecule has 0 radical (unpaired) electrons. The molecule has 0 saturated carbocycles. The lowest BCUT2D eigenvalue weighted by atomic mass is 9.90.